The molecule has 0 fully saturated rings. The van der Waals surface area contributed by atoms with E-state index in [-0.39, 0.29) is 0 Å². The zero-order valence-corrected chi connectivity index (χ0v) is 12.6. The molecule has 2 heterocycles. The van der Waals surface area contributed by atoms with Crippen molar-refractivity contribution >= 4 is 39.7 Å². The molecule has 0 bridgehead atoms. The molecule has 0 aliphatic carbocycles. The summed E-state index contributed by atoms with van der Waals surface area (Å²) in [7, 11) is 0. The van der Waals surface area contributed by atoms with Gasteiger partial charge >= 0.3 is 0 Å². The minimum atomic E-state index is 0.575. The molecule has 0 saturated heterocycles. The van der Waals surface area contributed by atoms with Crippen LogP contribution in [0.3, 0.4) is 0 Å². The van der Waals surface area contributed by atoms with E-state index in [1.54, 1.807) is 35.7 Å². The summed E-state index contributed by atoms with van der Waals surface area (Å²) < 4.78 is 5.78. The van der Waals surface area contributed by atoms with Crippen LogP contribution in [0.1, 0.15) is 5.76 Å². The van der Waals surface area contributed by atoms with Crippen LogP contribution in [0, 0.1) is 0 Å². The molecule has 6 heteroatoms. The van der Waals surface area contributed by atoms with Crippen molar-refractivity contribution in [2.24, 2.45) is 0 Å². The smallest absolute Gasteiger partial charge is 0.182 e. The lowest BCUT2D eigenvalue weighted by molar-refractivity contribution is 0.531. The molecule has 20 heavy (non-hydrogen) atoms. The molecule has 0 amide bonds. The van der Waals surface area contributed by atoms with Crippen LogP contribution in [-0.2, 0) is 6.54 Å². The van der Waals surface area contributed by atoms with Crippen LogP contribution in [0.5, 0.6) is 0 Å². The lowest BCUT2D eigenvalue weighted by Gasteiger charge is -2.02. The topological polar surface area (TPSA) is 38.1 Å². The number of thiazole rings is 1. The van der Waals surface area contributed by atoms with Crippen molar-refractivity contribution in [2.75, 3.05) is 5.32 Å². The number of anilines is 1. The van der Waals surface area contributed by atoms with Crippen molar-refractivity contribution in [3.05, 3.63) is 57.7 Å². The molecule has 0 aliphatic heterocycles. The SMILES string of the molecule is Clc1ccc(Cl)c(-c2ccc(CNc3nccs3)o2)c1. The number of hydrogen-bond acceptors (Lipinski definition) is 4. The Morgan fingerprint density at radius 2 is 2.10 bits per heavy atom. The first-order valence-electron chi connectivity index (χ1n) is 5.90. The second kappa shape index (κ2) is 5.87. The quantitative estimate of drug-likeness (QED) is 0.705. The first-order chi connectivity index (χ1) is 9.72. The van der Waals surface area contributed by atoms with Gasteiger partial charge in [-0.3, -0.25) is 0 Å². The molecule has 0 aliphatic rings. The van der Waals surface area contributed by atoms with Gasteiger partial charge in [-0.2, -0.15) is 0 Å². The summed E-state index contributed by atoms with van der Waals surface area (Å²) in [5, 5.41) is 7.21. The maximum atomic E-state index is 6.16. The Hall–Kier alpha value is -1.49. The van der Waals surface area contributed by atoms with E-state index < -0.39 is 0 Å². The zero-order valence-electron chi connectivity index (χ0n) is 10.3. The molecule has 0 saturated carbocycles. The van der Waals surface area contributed by atoms with Gasteiger partial charge in [0.25, 0.3) is 0 Å². The Labute approximate surface area is 130 Å². The van der Waals surface area contributed by atoms with Crippen LogP contribution >= 0.6 is 34.5 Å². The fraction of sp³-hybridized carbons (Fsp3) is 0.0714. The summed E-state index contributed by atoms with van der Waals surface area (Å²) in [5.74, 6) is 1.51. The largest absolute Gasteiger partial charge is 0.459 e. The Bertz CT molecular complexity index is 710. The lowest BCUT2D eigenvalue weighted by atomic mass is 10.2. The highest BCUT2D eigenvalue weighted by atomic mass is 35.5. The minimum absolute atomic E-state index is 0.575. The number of hydrogen-bond donors (Lipinski definition) is 1. The van der Waals surface area contributed by atoms with E-state index in [2.05, 4.69) is 10.3 Å². The summed E-state index contributed by atoms with van der Waals surface area (Å²) >= 11 is 13.7. The Kier molecular flexibility index (Phi) is 3.96. The second-order valence-electron chi connectivity index (χ2n) is 4.08. The van der Waals surface area contributed by atoms with Crippen LogP contribution < -0.4 is 5.32 Å². The molecular formula is C14H10Cl2N2OS. The molecule has 0 atom stereocenters. The van der Waals surface area contributed by atoms with Gasteiger partial charge in [0.2, 0.25) is 0 Å². The number of aromatic nitrogens is 1. The highest BCUT2D eigenvalue weighted by Gasteiger charge is 2.09. The fourth-order valence-corrected chi connectivity index (χ4v) is 2.69. The van der Waals surface area contributed by atoms with Crippen molar-refractivity contribution in [1.82, 2.24) is 4.98 Å². The third kappa shape index (κ3) is 2.98. The summed E-state index contributed by atoms with van der Waals surface area (Å²) in [4.78, 5) is 4.15. The van der Waals surface area contributed by atoms with Gasteiger partial charge in [0.05, 0.1) is 11.6 Å². The lowest BCUT2D eigenvalue weighted by Crippen LogP contribution is -1.96. The van der Waals surface area contributed by atoms with Crippen molar-refractivity contribution in [3.8, 4) is 11.3 Å². The summed E-state index contributed by atoms with van der Waals surface area (Å²) in [5.41, 5.74) is 0.791. The van der Waals surface area contributed by atoms with Gasteiger partial charge < -0.3 is 9.73 Å². The maximum absolute atomic E-state index is 6.16. The van der Waals surface area contributed by atoms with Gasteiger partial charge in [-0.25, -0.2) is 4.98 Å². The molecule has 2 aromatic heterocycles. The summed E-state index contributed by atoms with van der Waals surface area (Å²) in [6, 6.07) is 9.10. The van der Waals surface area contributed by atoms with E-state index in [1.807, 2.05) is 17.5 Å². The third-order valence-corrected chi connectivity index (χ3v) is 4.00. The number of nitrogens with one attached hydrogen (secondary N) is 1. The molecule has 3 nitrogen and oxygen atoms in total. The molecular weight excluding hydrogens is 315 g/mol. The molecule has 0 spiro atoms. The van der Waals surface area contributed by atoms with E-state index in [1.165, 1.54) is 0 Å². The average molecular weight is 325 g/mol. The van der Waals surface area contributed by atoms with Gasteiger partial charge in [0.1, 0.15) is 11.5 Å². The zero-order chi connectivity index (χ0) is 13.9. The number of halogens is 2. The monoisotopic (exact) mass is 324 g/mol. The molecule has 0 unspecified atom stereocenters. The van der Waals surface area contributed by atoms with E-state index in [0.29, 0.717) is 22.4 Å². The average Bonchev–Trinajstić information content (AvgIpc) is 3.10. The van der Waals surface area contributed by atoms with Crippen LogP contribution in [-0.4, -0.2) is 4.98 Å². The Morgan fingerprint density at radius 3 is 2.90 bits per heavy atom. The number of nitrogens with zero attached hydrogens (tertiary/aromatic N) is 1. The molecule has 0 radical (unpaired) electrons. The number of benzene rings is 1. The van der Waals surface area contributed by atoms with E-state index in [0.717, 1.165) is 16.5 Å². The van der Waals surface area contributed by atoms with Crippen molar-refractivity contribution in [3.63, 3.8) is 0 Å². The molecule has 1 N–H and O–H groups in total. The molecule has 3 rings (SSSR count). The van der Waals surface area contributed by atoms with Crippen LogP contribution in [0.25, 0.3) is 11.3 Å². The van der Waals surface area contributed by atoms with E-state index >= 15 is 0 Å². The molecule has 3 aromatic rings. The van der Waals surface area contributed by atoms with Gasteiger partial charge in [-0.05, 0) is 30.3 Å². The van der Waals surface area contributed by atoms with Gasteiger partial charge in [0.15, 0.2) is 5.13 Å². The summed E-state index contributed by atoms with van der Waals surface area (Å²) in [6.07, 6.45) is 1.76. The van der Waals surface area contributed by atoms with Gasteiger partial charge in [-0.15, -0.1) is 11.3 Å². The number of furan rings is 1. The highest BCUT2D eigenvalue weighted by molar-refractivity contribution is 7.13. The van der Waals surface area contributed by atoms with Crippen molar-refractivity contribution in [2.45, 2.75) is 6.54 Å². The third-order valence-electron chi connectivity index (χ3n) is 2.70. The molecule has 102 valence electrons. The minimum Gasteiger partial charge on any atom is -0.459 e. The van der Waals surface area contributed by atoms with Crippen molar-refractivity contribution < 1.29 is 4.42 Å². The molecule has 1 aromatic carbocycles. The second-order valence-corrected chi connectivity index (χ2v) is 5.82. The first-order valence-corrected chi connectivity index (χ1v) is 7.53. The maximum Gasteiger partial charge on any atom is 0.182 e. The normalized spacial score (nSPS) is 10.7. The van der Waals surface area contributed by atoms with Crippen molar-refractivity contribution in [1.29, 1.82) is 0 Å². The number of rotatable bonds is 4. The Morgan fingerprint density at radius 1 is 1.20 bits per heavy atom. The van der Waals surface area contributed by atoms with E-state index in [4.69, 9.17) is 27.6 Å². The predicted molar refractivity (Wildman–Crippen MR) is 83.6 cm³/mol. The predicted octanol–water partition coefficient (Wildman–Crippen LogP) is 5.32. The summed E-state index contributed by atoms with van der Waals surface area (Å²) in [6.45, 7) is 0.575. The first kappa shape index (κ1) is 13.5. The highest BCUT2D eigenvalue weighted by Crippen LogP contribution is 2.31. The van der Waals surface area contributed by atoms with Crippen LogP contribution in [0.15, 0.2) is 46.3 Å². The van der Waals surface area contributed by atoms with Gasteiger partial charge in [-0.1, -0.05) is 23.2 Å². The fourth-order valence-electron chi connectivity index (χ4n) is 1.78. The van der Waals surface area contributed by atoms with Gasteiger partial charge in [0, 0.05) is 22.2 Å². The standard InChI is InChI=1S/C14H10Cl2N2OS/c15-9-1-3-12(16)11(7-9)13-4-2-10(19-13)8-18-14-17-5-6-20-14/h1-7H,8H2,(H,17,18). The van der Waals surface area contributed by atoms with Crippen LogP contribution in [0.2, 0.25) is 10.0 Å². The van der Waals surface area contributed by atoms with Crippen LogP contribution in [0.4, 0.5) is 5.13 Å². The Balaban J connectivity index is 1.77. The van der Waals surface area contributed by atoms with E-state index in [9.17, 15) is 0 Å².